The monoisotopic (exact) mass is 139 g/mol. The van der Waals surface area contributed by atoms with Crippen LogP contribution in [0.3, 0.4) is 0 Å². The normalized spacial score (nSPS) is 11.4. The van der Waals surface area contributed by atoms with Gasteiger partial charge in [0, 0.05) is 12.4 Å². The van der Waals surface area contributed by atoms with Crippen LogP contribution in [0.25, 0.3) is 0 Å². The maximum absolute atomic E-state index is 7.10. The van der Waals surface area contributed by atoms with Crippen LogP contribution >= 0.6 is 0 Å². The average Bonchev–Trinajstić information content (AvgIpc) is 1.97. The van der Waals surface area contributed by atoms with Crippen molar-refractivity contribution in [3.8, 4) is 0 Å². The van der Waals surface area contributed by atoms with Crippen molar-refractivity contribution < 1.29 is 0 Å². The molecule has 0 aliphatic rings. The second kappa shape index (κ2) is 6.13. The van der Waals surface area contributed by atoms with E-state index in [-0.39, 0.29) is 5.96 Å². The molecule has 0 saturated carbocycles. The molecule has 0 fully saturated rings. The molecule has 10 heavy (non-hydrogen) atoms. The summed E-state index contributed by atoms with van der Waals surface area (Å²) in [6.07, 6.45) is 5.05. The lowest BCUT2D eigenvalue weighted by Gasteiger charge is -1.84. The smallest absolute Gasteiger partial charge is 0.241 e. The number of rotatable bonds is 2. The molecule has 0 radical (unpaired) electrons. The Hall–Kier alpha value is -0.990. The van der Waals surface area contributed by atoms with Gasteiger partial charge in [0.15, 0.2) is 0 Å². The third-order valence-corrected chi connectivity index (χ3v) is 0.792. The molecular weight excluding hydrogens is 126 g/mol. The van der Waals surface area contributed by atoms with Crippen LogP contribution in [-0.2, 0) is 0 Å². The summed E-state index contributed by atoms with van der Waals surface area (Å²) in [7, 11) is 0. The van der Waals surface area contributed by atoms with Gasteiger partial charge in [0.2, 0.25) is 5.96 Å². The molecule has 0 amide bonds. The fourth-order valence-corrected chi connectivity index (χ4v) is 0.389. The van der Waals surface area contributed by atoms with Gasteiger partial charge >= 0.3 is 0 Å². The number of nitrogens with one attached hydrogen (secondary N) is 1. The highest BCUT2D eigenvalue weighted by atomic mass is 15.0. The van der Waals surface area contributed by atoms with Crippen molar-refractivity contribution in [2.24, 2.45) is 9.98 Å². The maximum Gasteiger partial charge on any atom is 0.241 e. The van der Waals surface area contributed by atoms with Crippen LogP contribution in [0.1, 0.15) is 26.7 Å². The van der Waals surface area contributed by atoms with Crippen LogP contribution in [0.15, 0.2) is 9.98 Å². The van der Waals surface area contributed by atoms with E-state index in [1.807, 2.05) is 13.8 Å². The molecule has 0 aromatic heterocycles. The van der Waals surface area contributed by atoms with Crippen molar-refractivity contribution in [2.75, 3.05) is 0 Å². The molecule has 0 bridgehead atoms. The van der Waals surface area contributed by atoms with Crippen molar-refractivity contribution in [1.82, 2.24) is 0 Å². The Balaban J connectivity index is 3.63. The number of guanidine groups is 1. The zero-order chi connectivity index (χ0) is 7.82. The lowest BCUT2D eigenvalue weighted by molar-refractivity contribution is 1.28. The van der Waals surface area contributed by atoms with Crippen LogP contribution in [0.2, 0.25) is 0 Å². The zero-order valence-corrected chi connectivity index (χ0v) is 6.46. The van der Waals surface area contributed by atoms with E-state index < -0.39 is 0 Å². The van der Waals surface area contributed by atoms with Gasteiger partial charge in [-0.25, -0.2) is 9.98 Å². The summed E-state index contributed by atoms with van der Waals surface area (Å²) >= 11 is 0. The minimum Gasteiger partial charge on any atom is -0.266 e. The first kappa shape index (κ1) is 9.01. The molecule has 3 heteroatoms. The number of hydrogen-bond acceptors (Lipinski definition) is 1. The fraction of sp³-hybridized carbons (Fsp3) is 0.571. The highest BCUT2D eigenvalue weighted by Crippen LogP contribution is 1.79. The van der Waals surface area contributed by atoms with Gasteiger partial charge < -0.3 is 0 Å². The van der Waals surface area contributed by atoms with Crippen molar-refractivity contribution in [3.05, 3.63) is 0 Å². The molecule has 0 unspecified atom stereocenters. The molecular formula is C7H13N3. The first-order valence-corrected chi connectivity index (χ1v) is 3.44. The van der Waals surface area contributed by atoms with Crippen LogP contribution < -0.4 is 0 Å². The Morgan fingerprint density at radius 3 is 1.90 bits per heavy atom. The van der Waals surface area contributed by atoms with Gasteiger partial charge in [0.25, 0.3) is 0 Å². The van der Waals surface area contributed by atoms with Crippen LogP contribution in [-0.4, -0.2) is 18.4 Å². The highest BCUT2D eigenvalue weighted by Gasteiger charge is 1.80. The Labute approximate surface area is 61.4 Å². The molecule has 0 rings (SSSR count). The second-order valence-electron chi connectivity index (χ2n) is 1.76. The topological polar surface area (TPSA) is 48.6 Å². The molecule has 0 aromatic rings. The molecule has 1 N–H and O–H groups in total. The van der Waals surface area contributed by atoms with E-state index in [9.17, 15) is 0 Å². The Bertz CT molecular complexity index is 131. The molecule has 3 nitrogen and oxygen atoms in total. The molecule has 0 aliphatic carbocycles. The van der Waals surface area contributed by atoms with Gasteiger partial charge in [-0.2, -0.15) is 0 Å². The SMILES string of the molecule is CCC=NC(=N)N=CCC. The standard InChI is InChI=1S/C7H13N3/c1-3-5-9-7(8)10-6-4-2/h5-6,8H,3-4H2,1-2H3. The summed E-state index contributed by atoms with van der Waals surface area (Å²) in [5, 5.41) is 7.10. The first-order chi connectivity index (χ1) is 4.81. The molecule has 0 aliphatic heterocycles. The maximum atomic E-state index is 7.10. The second-order valence-corrected chi connectivity index (χ2v) is 1.76. The Morgan fingerprint density at radius 1 is 1.20 bits per heavy atom. The summed E-state index contributed by atoms with van der Waals surface area (Å²) in [4.78, 5) is 7.48. The number of hydrogen-bond donors (Lipinski definition) is 1. The minimum absolute atomic E-state index is 0.0868. The summed E-state index contributed by atoms with van der Waals surface area (Å²) in [6, 6.07) is 0. The van der Waals surface area contributed by atoms with E-state index in [1.165, 1.54) is 0 Å². The van der Waals surface area contributed by atoms with Crippen molar-refractivity contribution in [1.29, 1.82) is 5.41 Å². The van der Waals surface area contributed by atoms with Crippen LogP contribution in [0.4, 0.5) is 0 Å². The van der Waals surface area contributed by atoms with Crippen LogP contribution in [0.5, 0.6) is 0 Å². The molecule has 0 spiro atoms. The molecule has 56 valence electrons. The van der Waals surface area contributed by atoms with Crippen LogP contribution in [0, 0.1) is 5.41 Å². The van der Waals surface area contributed by atoms with E-state index in [4.69, 9.17) is 5.41 Å². The third-order valence-electron chi connectivity index (χ3n) is 0.792. The minimum atomic E-state index is 0.0868. The van der Waals surface area contributed by atoms with E-state index >= 15 is 0 Å². The average molecular weight is 139 g/mol. The number of aliphatic imine (C=N–C) groups is 2. The van der Waals surface area contributed by atoms with E-state index in [0.717, 1.165) is 12.8 Å². The highest BCUT2D eigenvalue weighted by molar-refractivity contribution is 5.90. The summed E-state index contributed by atoms with van der Waals surface area (Å²) in [5.74, 6) is 0.0868. The first-order valence-electron chi connectivity index (χ1n) is 3.44. The van der Waals surface area contributed by atoms with Gasteiger partial charge in [-0.1, -0.05) is 13.8 Å². The van der Waals surface area contributed by atoms with E-state index in [1.54, 1.807) is 12.4 Å². The lowest BCUT2D eigenvalue weighted by Crippen LogP contribution is -1.86. The quantitative estimate of drug-likeness (QED) is 0.448. The van der Waals surface area contributed by atoms with Gasteiger partial charge in [-0.05, 0) is 12.8 Å². The van der Waals surface area contributed by atoms with Gasteiger partial charge in [-0.15, -0.1) is 0 Å². The molecule has 0 heterocycles. The van der Waals surface area contributed by atoms with Crippen molar-refractivity contribution in [3.63, 3.8) is 0 Å². The molecule has 0 atom stereocenters. The molecule has 0 aromatic carbocycles. The summed E-state index contributed by atoms with van der Waals surface area (Å²) in [5.41, 5.74) is 0. The fourth-order valence-electron chi connectivity index (χ4n) is 0.389. The van der Waals surface area contributed by atoms with Crippen molar-refractivity contribution >= 4 is 18.4 Å². The summed E-state index contributed by atoms with van der Waals surface area (Å²) in [6.45, 7) is 3.95. The predicted octanol–water partition coefficient (Wildman–Crippen LogP) is 1.88. The Kier molecular flexibility index (Phi) is 5.53. The predicted molar refractivity (Wildman–Crippen MR) is 45.3 cm³/mol. The van der Waals surface area contributed by atoms with E-state index in [0.29, 0.717) is 0 Å². The number of nitrogens with zero attached hydrogens (tertiary/aromatic N) is 2. The Morgan fingerprint density at radius 2 is 1.60 bits per heavy atom. The van der Waals surface area contributed by atoms with Gasteiger partial charge in [0.05, 0.1) is 0 Å². The van der Waals surface area contributed by atoms with Crippen molar-refractivity contribution in [2.45, 2.75) is 26.7 Å². The zero-order valence-electron chi connectivity index (χ0n) is 6.46. The van der Waals surface area contributed by atoms with E-state index in [2.05, 4.69) is 9.98 Å². The molecule has 0 saturated heterocycles. The summed E-state index contributed by atoms with van der Waals surface area (Å²) < 4.78 is 0. The largest absolute Gasteiger partial charge is 0.266 e. The van der Waals surface area contributed by atoms with Gasteiger partial charge in [-0.3, -0.25) is 5.41 Å². The van der Waals surface area contributed by atoms with Gasteiger partial charge in [0.1, 0.15) is 0 Å². The third kappa shape index (κ3) is 5.15. The lowest BCUT2D eigenvalue weighted by atomic mass is 10.5.